The van der Waals surface area contributed by atoms with Gasteiger partial charge in [-0.2, -0.15) is 0 Å². The highest BCUT2D eigenvalue weighted by Crippen LogP contribution is 2.31. The molecule has 1 fully saturated rings. The smallest absolute Gasteiger partial charge is 0.328 e. The Morgan fingerprint density at radius 3 is 2.49 bits per heavy atom. The highest BCUT2D eigenvalue weighted by Gasteiger charge is 2.32. The summed E-state index contributed by atoms with van der Waals surface area (Å²) in [5.74, 6) is -0.138. The Labute approximate surface area is 247 Å². The van der Waals surface area contributed by atoms with Crippen LogP contribution < -0.4 is 5.32 Å². The van der Waals surface area contributed by atoms with E-state index in [4.69, 9.17) is 18.9 Å². The molecule has 0 bridgehead atoms. The summed E-state index contributed by atoms with van der Waals surface area (Å²) in [6.07, 6.45) is 10.6. The maximum Gasteiger partial charge on any atom is 0.328 e. The van der Waals surface area contributed by atoms with E-state index < -0.39 is 12.0 Å². The number of carbonyl (C=O) groups is 3. The van der Waals surface area contributed by atoms with E-state index in [9.17, 15) is 14.4 Å². The van der Waals surface area contributed by atoms with Crippen LogP contribution >= 0.6 is 0 Å². The number of carbonyl (C=O) groups excluding carboxylic acids is 3. The third-order valence-electron chi connectivity index (χ3n) is 7.65. The van der Waals surface area contributed by atoms with E-state index in [1.54, 1.807) is 7.11 Å². The average molecular weight is 582 g/mol. The Morgan fingerprint density at radius 1 is 1.17 bits per heavy atom. The lowest BCUT2D eigenvalue weighted by Gasteiger charge is -2.35. The van der Waals surface area contributed by atoms with E-state index in [0.29, 0.717) is 31.1 Å². The first kappa shape index (κ1) is 36.8. The summed E-state index contributed by atoms with van der Waals surface area (Å²) < 4.78 is 27.7. The normalized spacial score (nSPS) is 23.0. The first-order chi connectivity index (χ1) is 19.4. The van der Waals surface area contributed by atoms with Gasteiger partial charge in [0.15, 0.2) is 0 Å². The molecule has 0 radical (unpaired) electrons. The molecule has 1 rings (SSSR count). The molecule has 1 saturated heterocycles. The number of hydrogen-bond acceptors (Lipinski definition) is 8. The third-order valence-corrected chi connectivity index (χ3v) is 7.65. The second-order valence-corrected chi connectivity index (χ2v) is 11.9. The van der Waals surface area contributed by atoms with Gasteiger partial charge in [0, 0.05) is 7.11 Å². The number of amides is 1. The lowest BCUT2D eigenvalue weighted by atomic mass is 9.88. The van der Waals surface area contributed by atoms with Crippen LogP contribution in [0.5, 0.6) is 0 Å². The van der Waals surface area contributed by atoms with Gasteiger partial charge < -0.3 is 29.0 Å². The number of allylic oxidation sites excluding steroid dienone is 3. The van der Waals surface area contributed by atoms with E-state index in [1.165, 1.54) is 7.11 Å². The summed E-state index contributed by atoms with van der Waals surface area (Å²) in [4.78, 5) is 35.2. The second-order valence-electron chi connectivity index (χ2n) is 11.9. The highest BCUT2D eigenvalue weighted by atomic mass is 16.5. The standard InChI is InChI=1S/C32H55NO8/c1-10-28(37-8)25(5)41-32(6,7)20-22(2)13-11-14-23(3)30-24(4)16-17-26(40-30)19-29(35)33-27(31(36)38-9)15-12-18-39-21-34/h11,13-14,21-22,24-28,30H,10,12,15-20H2,1-9H3,(H,33,35)/b13-11+,23-14+/t22-,24+,25-,26-,27+,28+,30-/m1/s1. The van der Waals surface area contributed by atoms with Crippen molar-refractivity contribution >= 4 is 18.3 Å². The Balaban J connectivity index is 2.69. The minimum absolute atomic E-state index is 0.0210. The second kappa shape index (κ2) is 19.1. The Morgan fingerprint density at radius 2 is 1.88 bits per heavy atom. The molecule has 236 valence electrons. The van der Waals surface area contributed by atoms with Crippen molar-refractivity contribution in [3.05, 3.63) is 23.8 Å². The summed E-state index contributed by atoms with van der Waals surface area (Å²) in [5.41, 5.74) is 0.836. The Bertz CT molecular complexity index is 851. The van der Waals surface area contributed by atoms with Gasteiger partial charge in [-0.15, -0.1) is 0 Å². The van der Waals surface area contributed by atoms with E-state index in [1.807, 2.05) is 0 Å². The van der Waals surface area contributed by atoms with Gasteiger partial charge in [0.05, 0.1) is 50.2 Å². The minimum atomic E-state index is -0.790. The molecule has 0 unspecified atom stereocenters. The molecule has 0 aliphatic carbocycles. The average Bonchev–Trinajstić information content (AvgIpc) is 2.90. The monoisotopic (exact) mass is 581 g/mol. The molecule has 0 aromatic heterocycles. The molecule has 9 nitrogen and oxygen atoms in total. The molecule has 1 N–H and O–H groups in total. The van der Waals surface area contributed by atoms with Gasteiger partial charge in [0.25, 0.3) is 6.47 Å². The molecule has 0 saturated carbocycles. The van der Waals surface area contributed by atoms with Gasteiger partial charge in [-0.25, -0.2) is 4.79 Å². The minimum Gasteiger partial charge on any atom is -0.468 e. The van der Waals surface area contributed by atoms with Crippen LogP contribution in [-0.4, -0.2) is 75.2 Å². The molecule has 9 heteroatoms. The van der Waals surface area contributed by atoms with Crippen molar-refractivity contribution in [2.24, 2.45) is 11.8 Å². The summed E-state index contributed by atoms with van der Waals surface area (Å²) >= 11 is 0. The molecule has 0 aromatic rings. The zero-order chi connectivity index (χ0) is 31.0. The van der Waals surface area contributed by atoms with Crippen LogP contribution in [0.15, 0.2) is 23.8 Å². The molecule has 0 spiro atoms. The fourth-order valence-electron chi connectivity index (χ4n) is 5.64. The Kier molecular flexibility index (Phi) is 17.1. The molecular formula is C32H55NO8. The first-order valence-electron chi connectivity index (χ1n) is 15.0. The van der Waals surface area contributed by atoms with E-state index >= 15 is 0 Å². The molecule has 1 amide bonds. The summed E-state index contributed by atoms with van der Waals surface area (Å²) in [6.45, 7) is 15.4. The van der Waals surface area contributed by atoms with Crippen LogP contribution in [0.25, 0.3) is 0 Å². The number of esters is 1. The summed E-state index contributed by atoms with van der Waals surface area (Å²) in [7, 11) is 3.01. The Hall–Kier alpha value is -2.23. The fraction of sp³-hybridized carbons (Fsp3) is 0.781. The van der Waals surface area contributed by atoms with Crippen molar-refractivity contribution < 1.29 is 38.1 Å². The van der Waals surface area contributed by atoms with E-state index in [2.05, 4.69) is 76.7 Å². The predicted molar refractivity (Wildman–Crippen MR) is 159 cm³/mol. The van der Waals surface area contributed by atoms with Crippen molar-refractivity contribution in [2.75, 3.05) is 20.8 Å². The van der Waals surface area contributed by atoms with Crippen molar-refractivity contribution in [1.29, 1.82) is 0 Å². The van der Waals surface area contributed by atoms with Crippen LogP contribution in [0.3, 0.4) is 0 Å². The largest absolute Gasteiger partial charge is 0.468 e. The summed E-state index contributed by atoms with van der Waals surface area (Å²) in [5, 5.41) is 2.76. The van der Waals surface area contributed by atoms with Crippen LogP contribution in [-0.2, 0) is 38.1 Å². The van der Waals surface area contributed by atoms with Crippen LogP contribution in [0.4, 0.5) is 0 Å². The van der Waals surface area contributed by atoms with Gasteiger partial charge in [-0.05, 0) is 83.6 Å². The highest BCUT2D eigenvalue weighted by molar-refractivity contribution is 5.84. The number of nitrogens with one attached hydrogen (secondary N) is 1. The number of ether oxygens (including phenoxy) is 5. The van der Waals surface area contributed by atoms with Crippen LogP contribution in [0.1, 0.15) is 93.4 Å². The molecule has 41 heavy (non-hydrogen) atoms. The number of methoxy groups -OCH3 is 2. The SMILES string of the molecule is CC[C@H](OC)[C@@H](C)OC(C)(C)C[C@H](C)/C=C/C=C(\C)[C@H]1O[C@@H](CC(=O)N[C@@H](CCCOC=O)C(=O)OC)CC[C@@H]1C. The molecule has 7 atom stereocenters. The molecule has 1 aliphatic rings. The van der Waals surface area contributed by atoms with Gasteiger partial charge in [0.2, 0.25) is 5.91 Å². The first-order valence-corrected chi connectivity index (χ1v) is 15.0. The van der Waals surface area contributed by atoms with Gasteiger partial charge in [-0.3, -0.25) is 9.59 Å². The predicted octanol–water partition coefficient (Wildman–Crippen LogP) is 5.31. The van der Waals surface area contributed by atoms with Crippen LogP contribution in [0, 0.1) is 11.8 Å². The van der Waals surface area contributed by atoms with Crippen molar-refractivity contribution in [3.8, 4) is 0 Å². The van der Waals surface area contributed by atoms with E-state index in [0.717, 1.165) is 31.3 Å². The zero-order valence-electron chi connectivity index (χ0n) is 26.8. The van der Waals surface area contributed by atoms with Gasteiger partial charge >= 0.3 is 5.97 Å². The van der Waals surface area contributed by atoms with Gasteiger partial charge in [-0.1, -0.05) is 39.0 Å². The molecule has 1 heterocycles. The van der Waals surface area contributed by atoms with Crippen molar-refractivity contribution in [1.82, 2.24) is 5.32 Å². The lowest BCUT2D eigenvalue weighted by Crippen LogP contribution is -2.44. The molecule has 0 aromatic carbocycles. The quantitative estimate of drug-likeness (QED) is 0.0946. The number of hydrogen-bond donors (Lipinski definition) is 1. The maximum atomic E-state index is 12.8. The van der Waals surface area contributed by atoms with Crippen molar-refractivity contribution in [2.45, 2.75) is 129 Å². The van der Waals surface area contributed by atoms with Crippen LogP contribution in [0.2, 0.25) is 0 Å². The third kappa shape index (κ3) is 14.0. The topological polar surface area (TPSA) is 109 Å². The number of rotatable bonds is 19. The zero-order valence-corrected chi connectivity index (χ0v) is 26.8. The van der Waals surface area contributed by atoms with Crippen molar-refractivity contribution in [3.63, 3.8) is 0 Å². The van der Waals surface area contributed by atoms with E-state index in [-0.39, 0.29) is 49.0 Å². The fourth-order valence-corrected chi connectivity index (χ4v) is 5.64. The maximum absolute atomic E-state index is 12.8. The lowest BCUT2D eigenvalue weighted by molar-refractivity contribution is -0.146. The van der Waals surface area contributed by atoms with Gasteiger partial charge in [0.1, 0.15) is 6.04 Å². The molecular weight excluding hydrogens is 526 g/mol. The summed E-state index contributed by atoms with van der Waals surface area (Å²) in [6, 6.07) is -0.790. The molecule has 1 aliphatic heterocycles.